The molecule has 2 saturated carbocycles. The molecule has 0 spiro atoms. The van der Waals surface area contributed by atoms with Crippen molar-refractivity contribution in [3.05, 3.63) is 44.9 Å². The van der Waals surface area contributed by atoms with Crippen molar-refractivity contribution < 1.29 is 14.4 Å². The molecule has 0 bridgehead atoms. The number of thiophene rings is 1. The Hall–Kier alpha value is -2.65. The van der Waals surface area contributed by atoms with Crippen LogP contribution >= 0.6 is 22.9 Å². The number of carbonyl (C=O) groups excluding carboxylic acids is 3. The number of halogens is 1. The Kier molecular flexibility index (Phi) is 7.73. The molecule has 2 fully saturated rings. The van der Waals surface area contributed by atoms with Gasteiger partial charge in [-0.15, -0.1) is 11.3 Å². The minimum absolute atomic E-state index is 0.0815. The molecule has 3 amide bonds. The van der Waals surface area contributed by atoms with Gasteiger partial charge in [0.2, 0.25) is 5.91 Å². The number of hydrogen-bond donors (Lipinski definition) is 4. The Bertz CT molecular complexity index is 1060. The van der Waals surface area contributed by atoms with Gasteiger partial charge in [-0.2, -0.15) is 0 Å². The fourth-order valence-electron chi connectivity index (χ4n) is 4.33. The fraction of sp³-hybridized carbons (Fsp3) is 0.500. The number of nitrogens with zero attached hydrogens (tertiary/aromatic N) is 1. The molecule has 0 aromatic carbocycles. The average molecular weight is 504 g/mol. The third-order valence-corrected chi connectivity index (χ3v) is 7.80. The molecule has 2 heterocycles. The van der Waals surface area contributed by atoms with E-state index in [1.807, 2.05) is 13.0 Å². The number of amides is 3. The second kappa shape index (κ2) is 10.7. The van der Waals surface area contributed by atoms with Gasteiger partial charge in [-0.25, -0.2) is 4.98 Å². The molecule has 182 valence electrons. The zero-order valence-corrected chi connectivity index (χ0v) is 20.7. The van der Waals surface area contributed by atoms with E-state index in [0.29, 0.717) is 27.9 Å². The Morgan fingerprint density at radius 1 is 1.21 bits per heavy atom. The van der Waals surface area contributed by atoms with Gasteiger partial charge < -0.3 is 21.7 Å². The number of nitrogens with one attached hydrogen (secondary N) is 3. The van der Waals surface area contributed by atoms with E-state index < -0.39 is 11.9 Å². The maximum atomic E-state index is 13.0. The Balaban J connectivity index is 1.42. The first kappa shape index (κ1) is 24.5. The minimum atomic E-state index is -0.657. The fourth-order valence-corrected chi connectivity index (χ4v) is 5.40. The molecule has 2 aromatic rings. The summed E-state index contributed by atoms with van der Waals surface area (Å²) in [4.78, 5) is 42.9. The zero-order valence-electron chi connectivity index (χ0n) is 19.1. The smallest absolute Gasteiger partial charge is 0.269 e. The van der Waals surface area contributed by atoms with Gasteiger partial charge in [-0.3, -0.25) is 14.4 Å². The number of nitrogens with two attached hydrogens (primary N) is 1. The molecule has 0 radical (unpaired) electrons. The number of rotatable bonds is 10. The third-order valence-electron chi connectivity index (χ3n) is 6.33. The lowest BCUT2D eigenvalue weighted by atomic mass is 9.97. The number of hydrogen-bond acceptors (Lipinski definition) is 6. The van der Waals surface area contributed by atoms with Gasteiger partial charge in [0.15, 0.2) is 5.69 Å². The summed E-state index contributed by atoms with van der Waals surface area (Å²) in [7, 11) is 0. The van der Waals surface area contributed by atoms with Crippen molar-refractivity contribution in [3.8, 4) is 0 Å². The predicted octanol–water partition coefficient (Wildman–Crippen LogP) is 4.03. The number of pyridine rings is 1. The molecule has 2 aromatic heterocycles. The Labute approximate surface area is 208 Å². The molecular formula is C24H30ClN5O3S. The van der Waals surface area contributed by atoms with Crippen LogP contribution < -0.4 is 21.7 Å². The lowest BCUT2D eigenvalue weighted by Gasteiger charge is -2.21. The van der Waals surface area contributed by atoms with Crippen molar-refractivity contribution >= 4 is 46.3 Å². The van der Waals surface area contributed by atoms with Crippen LogP contribution in [0.15, 0.2) is 24.4 Å². The van der Waals surface area contributed by atoms with Crippen molar-refractivity contribution in [3.63, 3.8) is 0 Å². The monoisotopic (exact) mass is 503 g/mol. The molecule has 5 N–H and O–H groups in total. The van der Waals surface area contributed by atoms with Gasteiger partial charge in [0, 0.05) is 17.1 Å². The summed E-state index contributed by atoms with van der Waals surface area (Å²) in [5.41, 5.74) is 5.95. The topological polar surface area (TPSA) is 126 Å². The summed E-state index contributed by atoms with van der Waals surface area (Å²) in [6, 6.07) is 4.71. The highest BCUT2D eigenvalue weighted by atomic mass is 35.5. The first-order chi connectivity index (χ1) is 16.3. The first-order valence-electron chi connectivity index (χ1n) is 11.7. The summed E-state index contributed by atoms with van der Waals surface area (Å²) in [6.45, 7) is 1.91. The summed E-state index contributed by atoms with van der Waals surface area (Å²) in [5, 5.41) is 9.60. The second-order valence-corrected chi connectivity index (χ2v) is 10.7. The van der Waals surface area contributed by atoms with Gasteiger partial charge in [-0.1, -0.05) is 37.3 Å². The van der Waals surface area contributed by atoms with Crippen molar-refractivity contribution in [1.29, 1.82) is 0 Å². The number of anilines is 1. The van der Waals surface area contributed by atoms with Crippen LogP contribution in [0.2, 0.25) is 5.02 Å². The molecule has 0 unspecified atom stereocenters. The molecule has 4 rings (SSSR count). The largest absolute Gasteiger partial charge is 0.376 e. The van der Waals surface area contributed by atoms with E-state index in [1.54, 1.807) is 12.1 Å². The molecule has 2 atom stereocenters. The minimum Gasteiger partial charge on any atom is -0.376 e. The molecule has 34 heavy (non-hydrogen) atoms. The van der Waals surface area contributed by atoms with Crippen LogP contribution in [0.5, 0.6) is 0 Å². The van der Waals surface area contributed by atoms with Gasteiger partial charge in [-0.05, 0) is 50.3 Å². The number of primary amides is 1. The highest BCUT2D eigenvalue weighted by Gasteiger charge is 2.31. The van der Waals surface area contributed by atoms with E-state index in [2.05, 4.69) is 20.9 Å². The quantitative estimate of drug-likeness (QED) is 0.389. The van der Waals surface area contributed by atoms with E-state index in [-0.39, 0.29) is 29.6 Å². The molecule has 10 heteroatoms. The third kappa shape index (κ3) is 6.27. The van der Waals surface area contributed by atoms with Crippen molar-refractivity contribution in [2.45, 2.75) is 70.0 Å². The molecule has 8 nitrogen and oxygen atoms in total. The van der Waals surface area contributed by atoms with Crippen LogP contribution in [0.1, 0.15) is 82.9 Å². The second-order valence-electron chi connectivity index (χ2n) is 9.18. The van der Waals surface area contributed by atoms with E-state index in [1.165, 1.54) is 30.4 Å². The highest BCUT2D eigenvalue weighted by Crippen LogP contribution is 2.31. The van der Waals surface area contributed by atoms with E-state index in [9.17, 15) is 14.4 Å². The molecule has 2 aliphatic rings. The molecule has 2 aliphatic carbocycles. The van der Waals surface area contributed by atoms with Gasteiger partial charge in [0.1, 0.15) is 6.04 Å². The SMILES string of the molecule is C[C@H](Nc1cc(Cl)cnc1C(N)=O)c1ccc(C(=O)N[C@@H](CC2CCCC2)C(=O)NC2CC2)s1. The normalized spacial score (nSPS) is 17.7. The molecule has 0 aliphatic heterocycles. The van der Waals surface area contributed by atoms with Crippen LogP contribution in [-0.4, -0.2) is 34.8 Å². The van der Waals surface area contributed by atoms with Crippen LogP contribution in [0.3, 0.4) is 0 Å². The lowest BCUT2D eigenvalue weighted by molar-refractivity contribution is -0.123. The van der Waals surface area contributed by atoms with Crippen LogP contribution in [0, 0.1) is 5.92 Å². The Morgan fingerprint density at radius 3 is 2.62 bits per heavy atom. The molecular weight excluding hydrogens is 474 g/mol. The van der Waals surface area contributed by atoms with Gasteiger partial charge in [0.25, 0.3) is 11.8 Å². The lowest BCUT2D eigenvalue weighted by Crippen LogP contribution is -2.48. The highest BCUT2D eigenvalue weighted by molar-refractivity contribution is 7.14. The van der Waals surface area contributed by atoms with Crippen LogP contribution in [0.4, 0.5) is 5.69 Å². The standard InChI is InChI=1S/C24H30ClN5O3S/c1-13(28-17-11-15(25)12-27-21(17)22(26)31)19-8-9-20(34-19)24(33)30-18(10-14-4-2-3-5-14)23(32)29-16-6-7-16/h8-9,11-14,16,18,28H,2-7,10H2,1H3,(H2,26,31)(H,29,32)(H,30,33)/t13-,18-/m0/s1. The van der Waals surface area contributed by atoms with Crippen LogP contribution in [0.25, 0.3) is 0 Å². The summed E-state index contributed by atoms with van der Waals surface area (Å²) >= 11 is 7.36. The Morgan fingerprint density at radius 2 is 1.94 bits per heavy atom. The average Bonchev–Trinajstić information content (AvgIpc) is 3.25. The summed E-state index contributed by atoms with van der Waals surface area (Å²) in [5.74, 6) is -0.513. The van der Waals surface area contributed by atoms with Gasteiger partial charge in [0.05, 0.1) is 21.6 Å². The van der Waals surface area contributed by atoms with Crippen molar-refractivity contribution in [2.75, 3.05) is 5.32 Å². The van der Waals surface area contributed by atoms with Gasteiger partial charge >= 0.3 is 0 Å². The van der Waals surface area contributed by atoms with Crippen LogP contribution in [-0.2, 0) is 4.79 Å². The number of carbonyl (C=O) groups is 3. The van der Waals surface area contributed by atoms with E-state index in [4.69, 9.17) is 17.3 Å². The van der Waals surface area contributed by atoms with E-state index in [0.717, 1.165) is 30.6 Å². The molecule has 0 saturated heterocycles. The summed E-state index contributed by atoms with van der Waals surface area (Å²) < 4.78 is 0. The predicted molar refractivity (Wildman–Crippen MR) is 133 cm³/mol. The van der Waals surface area contributed by atoms with E-state index >= 15 is 0 Å². The summed E-state index contributed by atoms with van der Waals surface area (Å²) in [6.07, 6.45) is 8.67. The first-order valence-corrected chi connectivity index (χ1v) is 12.9. The maximum Gasteiger partial charge on any atom is 0.269 e. The van der Waals surface area contributed by atoms with Crippen molar-refractivity contribution in [2.24, 2.45) is 11.7 Å². The number of aromatic nitrogens is 1. The van der Waals surface area contributed by atoms with Crippen molar-refractivity contribution in [1.82, 2.24) is 15.6 Å². The maximum absolute atomic E-state index is 13.0. The zero-order chi connectivity index (χ0) is 24.2.